The fourth-order valence-electron chi connectivity index (χ4n) is 3.22. The lowest BCUT2D eigenvalue weighted by Crippen LogP contribution is -2.41. The van der Waals surface area contributed by atoms with Gasteiger partial charge in [0.15, 0.2) is 0 Å². The Morgan fingerprint density at radius 3 is 2.53 bits per heavy atom. The van der Waals surface area contributed by atoms with Crippen LogP contribution in [-0.4, -0.2) is 62.2 Å². The summed E-state index contributed by atoms with van der Waals surface area (Å²) >= 11 is 0. The Labute approximate surface area is 107 Å². The van der Waals surface area contributed by atoms with Gasteiger partial charge in [-0.15, -0.1) is 0 Å². The number of hydrogen-bond acceptors (Lipinski definition) is 3. The zero-order chi connectivity index (χ0) is 12.5. The largest absolute Gasteiger partial charge is 0.320 e. The first-order chi connectivity index (χ1) is 8.02. The number of rotatable bonds is 4. The lowest BCUT2D eigenvalue weighted by Gasteiger charge is -2.30. The monoisotopic (exact) mass is 239 g/mol. The minimum Gasteiger partial charge on any atom is -0.320 e. The van der Waals surface area contributed by atoms with Crippen LogP contribution < -0.4 is 5.32 Å². The molecule has 100 valence electrons. The predicted octanol–water partition coefficient (Wildman–Crippen LogP) is 1.40. The van der Waals surface area contributed by atoms with Gasteiger partial charge < -0.3 is 10.2 Å². The number of likely N-dealkylation sites (N-methyl/N-ethyl adjacent to an activating group) is 1. The quantitative estimate of drug-likeness (QED) is 0.800. The van der Waals surface area contributed by atoms with Gasteiger partial charge in [-0.1, -0.05) is 13.8 Å². The molecular formula is C14H29N3. The summed E-state index contributed by atoms with van der Waals surface area (Å²) in [6, 6.07) is 1.63. The lowest BCUT2D eigenvalue weighted by molar-refractivity contribution is 0.186. The van der Waals surface area contributed by atoms with Gasteiger partial charge in [-0.05, 0) is 45.3 Å². The molecule has 1 atom stereocenters. The first-order valence-electron chi connectivity index (χ1n) is 7.11. The SMILES string of the molecule is CNCCC1CN(C2CC2)CC(C)(C)CN1C. The van der Waals surface area contributed by atoms with E-state index in [1.54, 1.807) is 0 Å². The van der Waals surface area contributed by atoms with E-state index in [-0.39, 0.29) is 0 Å². The molecule has 0 amide bonds. The van der Waals surface area contributed by atoms with Gasteiger partial charge in [-0.25, -0.2) is 0 Å². The molecule has 0 radical (unpaired) electrons. The van der Waals surface area contributed by atoms with Gasteiger partial charge in [-0.3, -0.25) is 4.90 Å². The van der Waals surface area contributed by atoms with Crippen molar-refractivity contribution in [2.75, 3.05) is 40.3 Å². The molecule has 2 fully saturated rings. The third-order valence-electron chi connectivity index (χ3n) is 4.17. The highest BCUT2D eigenvalue weighted by molar-refractivity contribution is 4.93. The summed E-state index contributed by atoms with van der Waals surface area (Å²) < 4.78 is 0. The highest BCUT2D eigenvalue weighted by atomic mass is 15.3. The topological polar surface area (TPSA) is 18.5 Å². The maximum atomic E-state index is 3.29. The van der Waals surface area contributed by atoms with E-state index in [1.807, 2.05) is 0 Å². The molecule has 1 aliphatic carbocycles. The molecule has 1 aliphatic heterocycles. The molecule has 2 aliphatic rings. The third-order valence-corrected chi connectivity index (χ3v) is 4.17. The average Bonchev–Trinajstić information content (AvgIpc) is 3.03. The van der Waals surface area contributed by atoms with E-state index in [0.29, 0.717) is 5.41 Å². The van der Waals surface area contributed by atoms with Crippen molar-refractivity contribution in [1.29, 1.82) is 0 Å². The van der Waals surface area contributed by atoms with Gasteiger partial charge in [0, 0.05) is 31.7 Å². The minimum atomic E-state index is 0.436. The number of nitrogens with one attached hydrogen (secondary N) is 1. The second kappa shape index (κ2) is 5.25. The zero-order valence-corrected chi connectivity index (χ0v) is 12.0. The van der Waals surface area contributed by atoms with Crippen LogP contribution in [0.5, 0.6) is 0 Å². The number of hydrogen-bond donors (Lipinski definition) is 1. The summed E-state index contributed by atoms with van der Waals surface area (Å²) in [6.07, 6.45) is 4.13. The number of nitrogens with zero attached hydrogens (tertiary/aromatic N) is 2. The Balaban J connectivity index is 2.00. The van der Waals surface area contributed by atoms with Crippen molar-refractivity contribution >= 4 is 0 Å². The molecule has 0 bridgehead atoms. The molecule has 0 spiro atoms. The van der Waals surface area contributed by atoms with Crippen molar-refractivity contribution in [3.05, 3.63) is 0 Å². The van der Waals surface area contributed by atoms with Crippen LogP contribution in [0.4, 0.5) is 0 Å². The molecular weight excluding hydrogens is 210 g/mol. The van der Waals surface area contributed by atoms with Crippen LogP contribution in [0, 0.1) is 5.41 Å². The first-order valence-corrected chi connectivity index (χ1v) is 7.11. The molecule has 17 heavy (non-hydrogen) atoms. The molecule has 0 aromatic heterocycles. The van der Waals surface area contributed by atoms with Crippen LogP contribution in [0.3, 0.4) is 0 Å². The Morgan fingerprint density at radius 1 is 1.24 bits per heavy atom. The lowest BCUT2D eigenvalue weighted by atomic mass is 9.92. The molecule has 1 unspecified atom stereocenters. The molecule has 3 heteroatoms. The summed E-state index contributed by atoms with van der Waals surface area (Å²) in [6.45, 7) is 9.74. The van der Waals surface area contributed by atoms with Gasteiger partial charge in [0.05, 0.1) is 0 Å². The van der Waals surface area contributed by atoms with E-state index in [9.17, 15) is 0 Å². The van der Waals surface area contributed by atoms with Gasteiger partial charge in [0.1, 0.15) is 0 Å². The van der Waals surface area contributed by atoms with Crippen molar-refractivity contribution in [2.24, 2.45) is 5.41 Å². The summed E-state index contributed by atoms with van der Waals surface area (Å²) in [5.41, 5.74) is 0.436. The van der Waals surface area contributed by atoms with Crippen LogP contribution in [0.1, 0.15) is 33.1 Å². The van der Waals surface area contributed by atoms with Crippen molar-refractivity contribution in [3.63, 3.8) is 0 Å². The second-order valence-electron chi connectivity index (χ2n) is 6.79. The highest BCUT2D eigenvalue weighted by Gasteiger charge is 2.38. The Hall–Kier alpha value is -0.120. The zero-order valence-electron chi connectivity index (χ0n) is 12.0. The molecule has 1 saturated heterocycles. The molecule has 3 nitrogen and oxygen atoms in total. The second-order valence-corrected chi connectivity index (χ2v) is 6.79. The van der Waals surface area contributed by atoms with Gasteiger partial charge >= 0.3 is 0 Å². The van der Waals surface area contributed by atoms with E-state index < -0.39 is 0 Å². The van der Waals surface area contributed by atoms with E-state index in [2.05, 4.69) is 43.1 Å². The molecule has 0 aromatic carbocycles. The van der Waals surface area contributed by atoms with Crippen LogP contribution in [0.2, 0.25) is 0 Å². The van der Waals surface area contributed by atoms with E-state index in [1.165, 1.54) is 38.9 Å². The molecule has 2 rings (SSSR count). The van der Waals surface area contributed by atoms with Crippen LogP contribution in [0.15, 0.2) is 0 Å². The summed E-state index contributed by atoms with van der Waals surface area (Å²) in [5.74, 6) is 0. The van der Waals surface area contributed by atoms with Gasteiger partial charge in [-0.2, -0.15) is 0 Å². The summed E-state index contributed by atoms with van der Waals surface area (Å²) in [5, 5.41) is 3.29. The summed E-state index contributed by atoms with van der Waals surface area (Å²) in [7, 11) is 4.36. The predicted molar refractivity (Wildman–Crippen MR) is 73.3 cm³/mol. The molecule has 1 heterocycles. The third kappa shape index (κ3) is 3.67. The maximum Gasteiger partial charge on any atom is 0.0232 e. The fraction of sp³-hybridized carbons (Fsp3) is 1.00. The van der Waals surface area contributed by atoms with Crippen LogP contribution in [0.25, 0.3) is 0 Å². The molecule has 1 saturated carbocycles. The molecule has 0 aromatic rings. The fourth-order valence-corrected chi connectivity index (χ4v) is 3.22. The Bertz CT molecular complexity index is 248. The van der Waals surface area contributed by atoms with Crippen molar-refractivity contribution in [3.8, 4) is 0 Å². The van der Waals surface area contributed by atoms with E-state index in [4.69, 9.17) is 0 Å². The smallest absolute Gasteiger partial charge is 0.0232 e. The first kappa shape index (κ1) is 13.3. The van der Waals surface area contributed by atoms with E-state index in [0.717, 1.165) is 18.6 Å². The van der Waals surface area contributed by atoms with Crippen molar-refractivity contribution in [1.82, 2.24) is 15.1 Å². The van der Waals surface area contributed by atoms with Crippen LogP contribution >= 0.6 is 0 Å². The maximum absolute atomic E-state index is 3.29. The van der Waals surface area contributed by atoms with Gasteiger partial charge in [0.2, 0.25) is 0 Å². The van der Waals surface area contributed by atoms with Gasteiger partial charge in [0.25, 0.3) is 0 Å². The summed E-state index contributed by atoms with van der Waals surface area (Å²) in [4.78, 5) is 5.34. The average molecular weight is 239 g/mol. The van der Waals surface area contributed by atoms with Crippen molar-refractivity contribution in [2.45, 2.75) is 45.2 Å². The Morgan fingerprint density at radius 2 is 1.94 bits per heavy atom. The minimum absolute atomic E-state index is 0.436. The Kier molecular flexibility index (Phi) is 4.11. The van der Waals surface area contributed by atoms with E-state index >= 15 is 0 Å². The van der Waals surface area contributed by atoms with Crippen LogP contribution in [-0.2, 0) is 0 Å². The highest BCUT2D eigenvalue weighted by Crippen LogP contribution is 2.33. The molecule has 1 N–H and O–H groups in total. The normalized spacial score (nSPS) is 31.4. The standard InChI is InChI=1S/C14H29N3/c1-14(2)10-16(4)13(7-8-15-3)9-17(11-14)12-5-6-12/h12-13,15H,5-11H2,1-4H3. The van der Waals surface area contributed by atoms with Crippen molar-refractivity contribution < 1.29 is 0 Å².